The van der Waals surface area contributed by atoms with Crippen molar-refractivity contribution in [3.8, 4) is 5.75 Å². The lowest BCUT2D eigenvalue weighted by Crippen LogP contribution is -2.22. The minimum atomic E-state index is -0.392. The Morgan fingerprint density at radius 1 is 1.47 bits per heavy atom. The average Bonchev–Trinajstić information content (AvgIpc) is 2.41. The molecule has 0 radical (unpaired) electrons. The quantitative estimate of drug-likeness (QED) is 0.630. The number of alkyl halides is 1. The van der Waals surface area contributed by atoms with Crippen molar-refractivity contribution in [1.82, 2.24) is 0 Å². The van der Waals surface area contributed by atoms with Gasteiger partial charge in [0.15, 0.2) is 12.4 Å². The summed E-state index contributed by atoms with van der Waals surface area (Å²) in [6.07, 6.45) is 1.61. The van der Waals surface area contributed by atoms with Gasteiger partial charge in [-0.3, -0.25) is 4.79 Å². The van der Waals surface area contributed by atoms with Gasteiger partial charge in [0.1, 0.15) is 5.75 Å². The van der Waals surface area contributed by atoms with Crippen LogP contribution in [-0.4, -0.2) is 29.8 Å². The van der Waals surface area contributed by atoms with E-state index < -0.39 is 5.97 Å². The highest BCUT2D eigenvalue weighted by Crippen LogP contribution is 2.28. The monoisotopic (exact) mass is 326 g/mol. The number of fused-ring (bicyclic) bond motifs is 1. The SMILES string of the molecule is CCOC(=O)COc1ccc2c(c1)CCC(Br)C2=O. The molecular weight excluding hydrogens is 312 g/mol. The first-order chi connectivity index (χ1) is 9.11. The van der Waals surface area contributed by atoms with Gasteiger partial charge in [0.05, 0.1) is 11.4 Å². The van der Waals surface area contributed by atoms with Crippen LogP contribution >= 0.6 is 15.9 Å². The third kappa shape index (κ3) is 3.35. The number of esters is 1. The number of Topliss-reactive ketones (excluding diaryl/α,β-unsaturated/α-hetero) is 1. The number of ketones is 1. The fourth-order valence-corrected chi connectivity index (χ4v) is 2.51. The standard InChI is InChI=1S/C14H15BrO4/c1-2-18-13(16)8-19-10-4-5-11-9(7-10)3-6-12(15)14(11)17/h4-5,7,12H,2-3,6,8H2,1H3. The van der Waals surface area contributed by atoms with Gasteiger partial charge in [-0.2, -0.15) is 0 Å². The van der Waals surface area contributed by atoms with Gasteiger partial charge in [-0.05, 0) is 43.5 Å². The van der Waals surface area contributed by atoms with E-state index in [2.05, 4.69) is 15.9 Å². The summed E-state index contributed by atoms with van der Waals surface area (Å²) in [6, 6.07) is 5.29. The summed E-state index contributed by atoms with van der Waals surface area (Å²) in [6.45, 7) is 1.98. The number of hydrogen-bond acceptors (Lipinski definition) is 4. The summed E-state index contributed by atoms with van der Waals surface area (Å²) in [5.41, 5.74) is 1.71. The zero-order valence-corrected chi connectivity index (χ0v) is 12.2. The summed E-state index contributed by atoms with van der Waals surface area (Å²) in [5.74, 6) is 0.308. The molecule has 0 aliphatic heterocycles. The topological polar surface area (TPSA) is 52.6 Å². The maximum atomic E-state index is 11.9. The van der Waals surface area contributed by atoms with Crippen molar-refractivity contribution in [3.05, 3.63) is 29.3 Å². The van der Waals surface area contributed by atoms with Crippen LogP contribution in [0.4, 0.5) is 0 Å². The zero-order chi connectivity index (χ0) is 13.8. The van der Waals surface area contributed by atoms with Gasteiger partial charge >= 0.3 is 5.97 Å². The van der Waals surface area contributed by atoms with Crippen molar-refractivity contribution in [1.29, 1.82) is 0 Å². The maximum Gasteiger partial charge on any atom is 0.344 e. The van der Waals surface area contributed by atoms with Crippen LogP contribution < -0.4 is 4.74 Å². The van der Waals surface area contributed by atoms with Gasteiger partial charge in [-0.15, -0.1) is 0 Å². The van der Waals surface area contributed by atoms with Crippen LogP contribution in [0, 0.1) is 0 Å². The van der Waals surface area contributed by atoms with Crippen LogP contribution in [0.3, 0.4) is 0 Å². The van der Waals surface area contributed by atoms with E-state index >= 15 is 0 Å². The lowest BCUT2D eigenvalue weighted by molar-refractivity contribution is -0.145. The van der Waals surface area contributed by atoms with Crippen molar-refractivity contribution in [2.45, 2.75) is 24.6 Å². The normalized spacial score (nSPS) is 17.8. The highest BCUT2D eigenvalue weighted by Gasteiger charge is 2.25. The summed E-state index contributed by atoms with van der Waals surface area (Å²) in [7, 11) is 0. The number of carbonyl (C=O) groups is 2. The summed E-state index contributed by atoms with van der Waals surface area (Å²) < 4.78 is 10.1. The van der Waals surface area contributed by atoms with Gasteiger partial charge in [0.25, 0.3) is 0 Å². The van der Waals surface area contributed by atoms with Gasteiger partial charge in [0, 0.05) is 5.56 Å². The summed E-state index contributed by atoms with van der Waals surface area (Å²) >= 11 is 3.37. The van der Waals surface area contributed by atoms with E-state index in [1.165, 1.54) is 0 Å². The molecule has 0 fully saturated rings. The first kappa shape index (κ1) is 14.1. The Hall–Kier alpha value is -1.36. The van der Waals surface area contributed by atoms with Crippen molar-refractivity contribution < 1.29 is 19.1 Å². The Balaban J connectivity index is 2.05. The van der Waals surface area contributed by atoms with Crippen LogP contribution in [0.2, 0.25) is 0 Å². The molecule has 0 heterocycles. The number of benzene rings is 1. The molecule has 19 heavy (non-hydrogen) atoms. The molecule has 1 unspecified atom stereocenters. The zero-order valence-electron chi connectivity index (χ0n) is 10.6. The molecule has 102 valence electrons. The number of ether oxygens (including phenoxy) is 2. The lowest BCUT2D eigenvalue weighted by atomic mass is 9.90. The molecule has 0 spiro atoms. The van der Waals surface area contributed by atoms with Crippen molar-refractivity contribution in [2.75, 3.05) is 13.2 Å². The lowest BCUT2D eigenvalue weighted by Gasteiger charge is -2.19. The minimum absolute atomic E-state index is 0.0914. The highest BCUT2D eigenvalue weighted by atomic mass is 79.9. The Bertz CT molecular complexity index is 498. The molecule has 0 amide bonds. The molecular formula is C14H15BrO4. The van der Waals surface area contributed by atoms with Crippen LogP contribution in [0.5, 0.6) is 5.75 Å². The molecule has 0 aromatic heterocycles. The van der Waals surface area contributed by atoms with Crippen LogP contribution in [0.25, 0.3) is 0 Å². The second-order valence-corrected chi connectivity index (χ2v) is 5.39. The first-order valence-corrected chi connectivity index (χ1v) is 7.13. The molecule has 0 saturated heterocycles. The molecule has 5 heteroatoms. The number of hydrogen-bond donors (Lipinski definition) is 0. The molecule has 1 aliphatic rings. The van der Waals surface area contributed by atoms with Crippen LogP contribution in [0.1, 0.15) is 29.3 Å². The molecule has 1 atom stereocenters. The number of rotatable bonds is 4. The van der Waals surface area contributed by atoms with E-state index in [4.69, 9.17) is 9.47 Å². The second kappa shape index (κ2) is 6.19. The minimum Gasteiger partial charge on any atom is -0.482 e. The van der Waals surface area contributed by atoms with E-state index in [1.54, 1.807) is 19.1 Å². The predicted molar refractivity (Wildman–Crippen MR) is 73.9 cm³/mol. The predicted octanol–water partition coefficient (Wildman–Crippen LogP) is 2.52. The third-order valence-electron chi connectivity index (χ3n) is 2.96. The first-order valence-electron chi connectivity index (χ1n) is 6.21. The van der Waals surface area contributed by atoms with E-state index in [1.807, 2.05) is 6.07 Å². The van der Waals surface area contributed by atoms with Gasteiger partial charge in [0.2, 0.25) is 0 Å². The van der Waals surface area contributed by atoms with Crippen LogP contribution in [-0.2, 0) is 16.0 Å². The average molecular weight is 327 g/mol. The largest absolute Gasteiger partial charge is 0.482 e. The highest BCUT2D eigenvalue weighted by molar-refractivity contribution is 9.10. The van der Waals surface area contributed by atoms with Gasteiger partial charge in [-0.1, -0.05) is 15.9 Å². The van der Waals surface area contributed by atoms with Gasteiger partial charge < -0.3 is 9.47 Å². The Morgan fingerprint density at radius 2 is 2.26 bits per heavy atom. The molecule has 0 saturated carbocycles. The molecule has 0 N–H and O–H groups in total. The summed E-state index contributed by atoms with van der Waals surface area (Å²) in [5, 5.41) is 0. The van der Waals surface area contributed by atoms with E-state index in [9.17, 15) is 9.59 Å². The van der Waals surface area contributed by atoms with Crippen LogP contribution in [0.15, 0.2) is 18.2 Å². The Morgan fingerprint density at radius 3 is 3.00 bits per heavy atom. The molecule has 2 rings (SSSR count). The molecule has 1 aromatic rings. The van der Waals surface area contributed by atoms with Gasteiger partial charge in [-0.25, -0.2) is 4.79 Å². The maximum absolute atomic E-state index is 11.9. The summed E-state index contributed by atoms with van der Waals surface area (Å²) in [4.78, 5) is 23.0. The van der Waals surface area contributed by atoms with Crippen molar-refractivity contribution in [2.24, 2.45) is 0 Å². The van der Waals surface area contributed by atoms with E-state index in [0.717, 1.165) is 24.0 Å². The smallest absolute Gasteiger partial charge is 0.344 e. The Kier molecular flexibility index (Phi) is 4.58. The number of carbonyl (C=O) groups excluding carboxylic acids is 2. The van der Waals surface area contributed by atoms with Crippen molar-refractivity contribution in [3.63, 3.8) is 0 Å². The molecule has 1 aromatic carbocycles. The second-order valence-electron chi connectivity index (χ2n) is 4.28. The fraction of sp³-hybridized carbons (Fsp3) is 0.429. The molecule has 4 nitrogen and oxygen atoms in total. The Labute approximate surface area is 120 Å². The van der Waals surface area contributed by atoms with E-state index in [-0.39, 0.29) is 17.2 Å². The number of aryl methyl sites for hydroxylation is 1. The molecule has 0 bridgehead atoms. The van der Waals surface area contributed by atoms with Crippen molar-refractivity contribution >= 4 is 27.7 Å². The molecule has 1 aliphatic carbocycles. The fourth-order valence-electron chi connectivity index (χ4n) is 2.03. The third-order valence-corrected chi connectivity index (χ3v) is 3.83. The number of halogens is 1. The van der Waals surface area contributed by atoms with E-state index in [0.29, 0.717) is 12.4 Å².